The van der Waals surface area contributed by atoms with Gasteiger partial charge in [-0.3, -0.25) is 4.72 Å². The summed E-state index contributed by atoms with van der Waals surface area (Å²) in [7, 11) is -3.77. The van der Waals surface area contributed by atoms with Gasteiger partial charge in [0.25, 0.3) is 10.0 Å². The number of aromatic nitrogens is 2. The first-order valence-corrected chi connectivity index (χ1v) is 8.02. The molecule has 2 aromatic rings. The molecule has 1 aromatic carbocycles. The van der Waals surface area contributed by atoms with Crippen LogP contribution in [0.15, 0.2) is 27.8 Å². The Hall–Kier alpha value is -0.760. The van der Waals surface area contributed by atoms with Crippen molar-refractivity contribution in [2.75, 3.05) is 4.72 Å². The van der Waals surface area contributed by atoms with E-state index in [1.807, 2.05) is 0 Å². The average molecular weight is 385 g/mol. The van der Waals surface area contributed by atoms with E-state index in [9.17, 15) is 8.42 Å². The average Bonchev–Trinajstić information content (AvgIpc) is 2.78. The fraction of sp³-hybridized carbons (Fsp3) is 0.100. The van der Waals surface area contributed by atoms with E-state index in [2.05, 4.69) is 30.6 Å². The van der Waals surface area contributed by atoms with E-state index in [-0.39, 0.29) is 20.8 Å². The SMILES string of the molecule is Cc1ncc(S(=O)(=O)Nc2ccc(Br)c(Cl)c2Cl)[nH]1. The topological polar surface area (TPSA) is 74.8 Å². The highest BCUT2D eigenvalue weighted by atomic mass is 79.9. The number of nitrogens with zero attached hydrogens (tertiary/aromatic N) is 1. The summed E-state index contributed by atoms with van der Waals surface area (Å²) in [6.07, 6.45) is 1.23. The number of nitrogens with one attached hydrogen (secondary N) is 2. The summed E-state index contributed by atoms with van der Waals surface area (Å²) in [5.41, 5.74) is 0.196. The van der Waals surface area contributed by atoms with Gasteiger partial charge in [0, 0.05) is 4.47 Å². The summed E-state index contributed by atoms with van der Waals surface area (Å²) >= 11 is 15.1. The number of H-pyrrole nitrogens is 1. The Bertz CT molecular complexity index is 730. The number of hydrogen-bond donors (Lipinski definition) is 2. The van der Waals surface area contributed by atoms with Crippen LogP contribution in [0.2, 0.25) is 10.0 Å². The van der Waals surface area contributed by atoms with Crippen molar-refractivity contribution in [1.82, 2.24) is 9.97 Å². The van der Waals surface area contributed by atoms with Gasteiger partial charge >= 0.3 is 0 Å². The summed E-state index contributed by atoms with van der Waals surface area (Å²) in [6, 6.07) is 3.11. The molecule has 2 N–H and O–H groups in total. The lowest BCUT2D eigenvalue weighted by molar-refractivity contribution is 0.598. The second-order valence-corrected chi connectivity index (χ2v) is 6.92. The number of sulfonamides is 1. The Morgan fingerprint density at radius 3 is 2.58 bits per heavy atom. The molecule has 0 radical (unpaired) electrons. The predicted octanol–water partition coefficient (Wildman–Crippen LogP) is 3.59. The fourth-order valence-electron chi connectivity index (χ4n) is 1.34. The fourth-order valence-corrected chi connectivity index (χ4v) is 3.26. The minimum absolute atomic E-state index is 0.0416. The Kier molecular flexibility index (Phi) is 4.10. The summed E-state index contributed by atoms with van der Waals surface area (Å²) in [5.74, 6) is 0.500. The summed E-state index contributed by atoms with van der Waals surface area (Å²) in [6.45, 7) is 1.66. The summed E-state index contributed by atoms with van der Waals surface area (Å²) in [5, 5.41) is 0.318. The Morgan fingerprint density at radius 2 is 2.00 bits per heavy atom. The first kappa shape index (κ1) is 14.6. The van der Waals surface area contributed by atoms with E-state index < -0.39 is 10.0 Å². The van der Waals surface area contributed by atoms with Gasteiger partial charge in [-0.1, -0.05) is 23.2 Å². The number of imidazole rings is 1. The van der Waals surface area contributed by atoms with Crippen LogP contribution in [0.25, 0.3) is 0 Å². The van der Waals surface area contributed by atoms with E-state index in [4.69, 9.17) is 23.2 Å². The Morgan fingerprint density at radius 1 is 1.32 bits per heavy atom. The molecular weight excluding hydrogens is 377 g/mol. The molecule has 0 aliphatic heterocycles. The zero-order valence-electron chi connectivity index (χ0n) is 9.54. The van der Waals surface area contributed by atoms with Gasteiger partial charge in [0.2, 0.25) is 0 Å². The first-order valence-electron chi connectivity index (χ1n) is 4.99. The van der Waals surface area contributed by atoms with Gasteiger partial charge in [0.05, 0.1) is 21.9 Å². The third kappa shape index (κ3) is 3.05. The van der Waals surface area contributed by atoms with E-state index in [0.29, 0.717) is 10.3 Å². The van der Waals surface area contributed by atoms with Crippen LogP contribution in [0.1, 0.15) is 5.82 Å². The lowest BCUT2D eigenvalue weighted by Gasteiger charge is -2.09. The van der Waals surface area contributed by atoms with Crippen molar-refractivity contribution in [2.45, 2.75) is 11.9 Å². The van der Waals surface area contributed by atoms with Gasteiger partial charge in [-0.2, -0.15) is 8.42 Å². The standard InChI is InChI=1S/C10H8BrCl2N3O2S/c1-5-14-4-8(15-5)19(17,18)16-7-3-2-6(11)9(12)10(7)13/h2-4,16H,1H3,(H,14,15). The lowest BCUT2D eigenvalue weighted by Crippen LogP contribution is -2.13. The number of rotatable bonds is 3. The summed E-state index contributed by atoms with van der Waals surface area (Å²) in [4.78, 5) is 6.47. The molecule has 0 unspecified atom stereocenters. The second kappa shape index (κ2) is 5.32. The van der Waals surface area contributed by atoms with Crippen molar-refractivity contribution in [2.24, 2.45) is 0 Å². The monoisotopic (exact) mass is 383 g/mol. The minimum Gasteiger partial charge on any atom is -0.332 e. The number of halogens is 3. The largest absolute Gasteiger partial charge is 0.332 e. The van der Waals surface area contributed by atoms with Crippen molar-refractivity contribution < 1.29 is 8.42 Å². The van der Waals surface area contributed by atoms with Crippen LogP contribution < -0.4 is 4.72 Å². The molecule has 5 nitrogen and oxygen atoms in total. The number of anilines is 1. The van der Waals surface area contributed by atoms with Crippen molar-refractivity contribution >= 4 is 54.8 Å². The lowest BCUT2D eigenvalue weighted by atomic mass is 10.3. The third-order valence-corrected chi connectivity index (χ3v) is 5.29. The highest BCUT2D eigenvalue weighted by molar-refractivity contribution is 9.10. The predicted molar refractivity (Wildman–Crippen MR) is 78.3 cm³/mol. The molecule has 0 saturated heterocycles. The Balaban J connectivity index is 2.39. The minimum atomic E-state index is -3.77. The molecule has 0 fully saturated rings. The van der Waals surface area contributed by atoms with Crippen LogP contribution in [0.3, 0.4) is 0 Å². The molecule has 0 amide bonds. The highest BCUT2D eigenvalue weighted by Gasteiger charge is 2.19. The van der Waals surface area contributed by atoms with Crippen LogP contribution in [0, 0.1) is 6.92 Å². The van der Waals surface area contributed by atoms with E-state index in [0.717, 1.165) is 0 Å². The zero-order valence-corrected chi connectivity index (χ0v) is 13.5. The van der Waals surface area contributed by atoms with Gasteiger partial charge in [0.15, 0.2) is 5.03 Å². The molecule has 0 saturated carbocycles. The van der Waals surface area contributed by atoms with Crippen LogP contribution >= 0.6 is 39.1 Å². The van der Waals surface area contributed by atoms with Gasteiger partial charge in [-0.05, 0) is 35.0 Å². The van der Waals surface area contributed by atoms with Gasteiger partial charge in [-0.15, -0.1) is 0 Å². The number of aromatic amines is 1. The van der Waals surface area contributed by atoms with Gasteiger partial charge in [-0.25, -0.2) is 4.98 Å². The molecule has 1 aromatic heterocycles. The maximum Gasteiger partial charge on any atom is 0.279 e. The molecule has 1 heterocycles. The normalized spacial score (nSPS) is 11.6. The van der Waals surface area contributed by atoms with E-state index in [1.165, 1.54) is 12.3 Å². The first-order chi connectivity index (χ1) is 8.81. The van der Waals surface area contributed by atoms with Gasteiger partial charge in [0.1, 0.15) is 5.82 Å². The molecule has 0 atom stereocenters. The molecular formula is C10H8BrCl2N3O2S. The molecule has 19 heavy (non-hydrogen) atoms. The van der Waals surface area contributed by atoms with Crippen molar-refractivity contribution in [1.29, 1.82) is 0 Å². The highest BCUT2D eigenvalue weighted by Crippen LogP contribution is 2.36. The quantitative estimate of drug-likeness (QED) is 0.794. The second-order valence-electron chi connectivity index (χ2n) is 3.66. The molecule has 0 spiro atoms. The summed E-state index contributed by atoms with van der Waals surface area (Å²) < 4.78 is 27.1. The molecule has 102 valence electrons. The van der Waals surface area contributed by atoms with Crippen LogP contribution in [0.4, 0.5) is 5.69 Å². The molecule has 9 heteroatoms. The molecule has 0 aliphatic rings. The number of benzene rings is 1. The van der Waals surface area contributed by atoms with E-state index >= 15 is 0 Å². The smallest absolute Gasteiger partial charge is 0.279 e. The number of hydrogen-bond acceptors (Lipinski definition) is 3. The van der Waals surface area contributed by atoms with Crippen molar-refractivity contribution in [3.05, 3.63) is 38.7 Å². The van der Waals surface area contributed by atoms with Crippen LogP contribution in [-0.4, -0.2) is 18.4 Å². The number of aryl methyl sites for hydroxylation is 1. The van der Waals surface area contributed by atoms with Crippen LogP contribution in [0.5, 0.6) is 0 Å². The molecule has 0 aliphatic carbocycles. The third-order valence-electron chi connectivity index (χ3n) is 2.25. The van der Waals surface area contributed by atoms with Crippen molar-refractivity contribution in [3.63, 3.8) is 0 Å². The molecule has 2 rings (SSSR count). The van der Waals surface area contributed by atoms with E-state index in [1.54, 1.807) is 13.0 Å². The zero-order chi connectivity index (χ0) is 14.2. The van der Waals surface area contributed by atoms with Crippen LogP contribution in [-0.2, 0) is 10.0 Å². The maximum absolute atomic E-state index is 12.1. The molecule has 0 bridgehead atoms. The van der Waals surface area contributed by atoms with Crippen molar-refractivity contribution in [3.8, 4) is 0 Å². The maximum atomic E-state index is 12.1. The Labute approximate surface area is 128 Å². The van der Waals surface area contributed by atoms with Gasteiger partial charge < -0.3 is 4.98 Å².